The van der Waals surface area contributed by atoms with Crippen molar-refractivity contribution in [2.45, 2.75) is 33.2 Å². The maximum atomic E-state index is 12.3. The van der Waals surface area contributed by atoms with Crippen LogP contribution in [0.3, 0.4) is 0 Å². The van der Waals surface area contributed by atoms with E-state index in [9.17, 15) is 9.59 Å². The average Bonchev–Trinajstić information content (AvgIpc) is 2.37. The van der Waals surface area contributed by atoms with Crippen LogP contribution < -0.4 is 0 Å². The van der Waals surface area contributed by atoms with Crippen molar-refractivity contribution in [2.75, 3.05) is 6.54 Å². The van der Waals surface area contributed by atoms with E-state index in [-0.39, 0.29) is 25.3 Å². The molecule has 0 bridgehead atoms. The first-order valence-electron chi connectivity index (χ1n) is 6.74. The van der Waals surface area contributed by atoms with Gasteiger partial charge in [0.25, 0.3) is 0 Å². The number of aliphatic carboxylic acids is 1. The minimum absolute atomic E-state index is 0.00310. The summed E-state index contributed by atoms with van der Waals surface area (Å²) in [5.41, 5.74) is 0.310. The van der Waals surface area contributed by atoms with Crippen LogP contribution in [0.2, 0.25) is 0 Å². The lowest BCUT2D eigenvalue weighted by atomic mass is 9.85. The Hall–Kier alpha value is -2.35. The van der Waals surface area contributed by atoms with Crippen LogP contribution in [0.1, 0.15) is 32.3 Å². The monoisotopic (exact) mass is 288 g/mol. The number of rotatable bonds is 7. The molecule has 0 aliphatic heterocycles. The molecule has 0 unspecified atom stereocenters. The van der Waals surface area contributed by atoms with Crippen LogP contribution in [0.15, 0.2) is 30.3 Å². The van der Waals surface area contributed by atoms with Gasteiger partial charge < -0.3 is 10.0 Å². The Morgan fingerprint density at radius 2 is 1.86 bits per heavy atom. The molecule has 1 aromatic rings. The summed E-state index contributed by atoms with van der Waals surface area (Å²) in [5, 5.41) is 17.7. The summed E-state index contributed by atoms with van der Waals surface area (Å²) in [6.07, 6.45) is 0.0261. The topological polar surface area (TPSA) is 81.4 Å². The second-order valence-corrected chi connectivity index (χ2v) is 5.81. The Bertz CT molecular complexity index is 532. The van der Waals surface area contributed by atoms with Gasteiger partial charge >= 0.3 is 5.97 Å². The number of hydrogen-bond donors (Lipinski definition) is 1. The highest BCUT2D eigenvalue weighted by Gasteiger charge is 2.27. The van der Waals surface area contributed by atoms with Crippen molar-refractivity contribution < 1.29 is 14.7 Å². The molecule has 0 aliphatic carbocycles. The standard InChI is InChI=1S/C16H20N2O3/c1-16(2,11-15(20)21)10-14(19)18(9-8-17)12-13-6-4-3-5-7-13/h3-7H,9-12H2,1-2H3,(H,20,21). The number of carbonyl (C=O) groups is 2. The molecule has 1 aromatic carbocycles. The van der Waals surface area contributed by atoms with E-state index < -0.39 is 11.4 Å². The van der Waals surface area contributed by atoms with Crippen molar-refractivity contribution in [3.8, 4) is 6.07 Å². The van der Waals surface area contributed by atoms with Gasteiger partial charge in [-0.25, -0.2) is 0 Å². The lowest BCUT2D eigenvalue weighted by Crippen LogP contribution is -2.34. The van der Waals surface area contributed by atoms with Crippen molar-refractivity contribution in [2.24, 2.45) is 5.41 Å². The number of carboxylic acids is 1. The van der Waals surface area contributed by atoms with Gasteiger partial charge in [-0.2, -0.15) is 5.26 Å². The summed E-state index contributed by atoms with van der Waals surface area (Å²) in [5.74, 6) is -1.13. The molecule has 1 N–H and O–H groups in total. The average molecular weight is 288 g/mol. The smallest absolute Gasteiger partial charge is 0.303 e. The van der Waals surface area contributed by atoms with Crippen molar-refractivity contribution >= 4 is 11.9 Å². The van der Waals surface area contributed by atoms with E-state index in [1.165, 1.54) is 4.90 Å². The number of nitrogens with zero attached hydrogens (tertiary/aromatic N) is 2. The predicted molar refractivity (Wildman–Crippen MR) is 78.1 cm³/mol. The first-order valence-corrected chi connectivity index (χ1v) is 6.74. The minimum Gasteiger partial charge on any atom is -0.481 e. The van der Waals surface area contributed by atoms with E-state index in [1.54, 1.807) is 13.8 Å². The zero-order chi connectivity index (χ0) is 15.9. The molecule has 0 saturated heterocycles. The molecule has 0 atom stereocenters. The molecule has 0 fully saturated rings. The number of benzene rings is 1. The molecule has 0 saturated carbocycles. The lowest BCUT2D eigenvalue weighted by Gasteiger charge is -2.26. The Morgan fingerprint density at radius 3 is 2.38 bits per heavy atom. The predicted octanol–water partition coefficient (Wildman–Crippen LogP) is 2.43. The van der Waals surface area contributed by atoms with Gasteiger partial charge in [0, 0.05) is 13.0 Å². The molecule has 5 heteroatoms. The van der Waals surface area contributed by atoms with Crippen molar-refractivity contribution in [3.05, 3.63) is 35.9 Å². The van der Waals surface area contributed by atoms with Crippen LogP contribution >= 0.6 is 0 Å². The van der Waals surface area contributed by atoms with Crippen LogP contribution in [-0.2, 0) is 16.1 Å². The number of nitriles is 1. The van der Waals surface area contributed by atoms with Crippen LogP contribution in [-0.4, -0.2) is 28.4 Å². The molecule has 1 amide bonds. The third kappa shape index (κ3) is 6.09. The van der Waals surface area contributed by atoms with E-state index in [0.29, 0.717) is 6.54 Å². The molecule has 0 heterocycles. The molecule has 1 rings (SSSR count). The molecular formula is C16H20N2O3. The van der Waals surface area contributed by atoms with E-state index in [2.05, 4.69) is 0 Å². The quantitative estimate of drug-likeness (QED) is 0.781. The SMILES string of the molecule is CC(C)(CC(=O)O)CC(=O)N(CC#N)Cc1ccccc1. The van der Waals surface area contributed by atoms with Gasteiger partial charge in [0.1, 0.15) is 6.54 Å². The van der Waals surface area contributed by atoms with Crippen LogP contribution in [0.25, 0.3) is 0 Å². The molecule has 0 radical (unpaired) electrons. The zero-order valence-electron chi connectivity index (χ0n) is 12.4. The van der Waals surface area contributed by atoms with Crippen LogP contribution in [0.5, 0.6) is 0 Å². The molecule has 0 aliphatic rings. The molecular weight excluding hydrogens is 268 g/mol. The molecule has 5 nitrogen and oxygen atoms in total. The highest BCUT2D eigenvalue weighted by atomic mass is 16.4. The van der Waals surface area contributed by atoms with Crippen LogP contribution in [0, 0.1) is 16.7 Å². The lowest BCUT2D eigenvalue weighted by molar-refractivity contribution is -0.140. The van der Waals surface area contributed by atoms with E-state index in [0.717, 1.165) is 5.56 Å². The Kier molecular flexibility index (Phi) is 5.92. The van der Waals surface area contributed by atoms with Gasteiger partial charge in [-0.05, 0) is 11.0 Å². The summed E-state index contributed by atoms with van der Waals surface area (Å²) in [6, 6.07) is 11.4. The fourth-order valence-electron chi connectivity index (χ4n) is 2.11. The summed E-state index contributed by atoms with van der Waals surface area (Å²) < 4.78 is 0. The van der Waals surface area contributed by atoms with Gasteiger partial charge in [-0.3, -0.25) is 9.59 Å². The highest BCUT2D eigenvalue weighted by Crippen LogP contribution is 2.26. The maximum absolute atomic E-state index is 12.3. The number of amides is 1. The van der Waals surface area contributed by atoms with Crippen molar-refractivity contribution in [1.29, 1.82) is 5.26 Å². The van der Waals surface area contributed by atoms with Gasteiger partial charge in [0.2, 0.25) is 5.91 Å². The number of hydrogen-bond acceptors (Lipinski definition) is 3. The Morgan fingerprint density at radius 1 is 1.24 bits per heavy atom. The van der Waals surface area contributed by atoms with Gasteiger partial charge in [-0.1, -0.05) is 44.2 Å². The van der Waals surface area contributed by atoms with Gasteiger partial charge in [0.15, 0.2) is 0 Å². The third-order valence-corrected chi connectivity index (χ3v) is 3.09. The van der Waals surface area contributed by atoms with Crippen LogP contribution in [0.4, 0.5) is 0 Å². The van der Waals surface area contributed by atoms with Crippen molar-refractivity contribution in [3.63, 3.8) is 0 Å². The van der Waals surface area contributed by atoms with Crippen molar-refractivity contribution in [1.82, 2.24) is 4.90 Å². The Labute approximate surface area is 124 Å². The van der Waals surface area contributed by atoms with E-state index >= 15 is 0 Å². The Balaban J connectivity index is 2.74. The molecule has 21 heavy (non-hydrogen) atoms. The maximum Gasteiger partial charge on any atom is 0.303 e. The first kappa shape index (κ1) is 16.7. The summed E-state index contributed by atoms with van der Waals surface area (Å²) >= 11 is 0. The number of carboxylic acid groups (broad SMARTS) is 1. The van der Waals surface area contributed by atoms with Gasteiger partial charge in [-0.15, -0.1) is 0 Å². The molecule has 0 spiro atoms. The summed E-state index contributed by atoms with van der Waals surface area (Å²) in [6.45, 7) is 3.84. The second-order valence-electron chi connectivity index (χ2n) is 5.81. The molecule has 0 aromatic heterocycles. The zero-order valence-corrected chi connectivity index (χ0v) is 12.4. The van der Waals surface area contributed by atoms with E-state index in [1.807, 2.05) is 36.4 Å². The normalized spacial score (nSPS) is 10.7. The summed E-state index contributed by atoms with van der Waals surface area (Å²) in [4.78, 5) is 24.6. The largest absolute Gasteiger partial charge is 0.481 e. The van der Waals surface area contributed by atoms with E-state index in [4.69, 9.17) is 10.4 Å². The fraction of sp³-hybridized carbons (Fsp3) is 0.438. The molecule has 112 valence electrons. The summed E-state index contributed by atoms with van der Waals surface area (Å²) in [7, 11) is 0. The second kappa shape index (κ2) is 7.44. The first-order chi connectivity index (χ1) is 9.84. The minimum atomic E-state index is -0.928. The fourth-order valence-corrected chi connectivity index (χ4v) is 2.11. The number of carbonyl (C=O) groups excluding carboxylic acids is 1. The highest BCUT2D eigenvalue weighted by molar-refractivity contribution is 5.78. The van der Waals surface area contributed by atoms with Gasteiger partial charge in [0.05, 0.1) is 12.5 Å². The third-order valence-electron chi connectivity index (χ3n) is 3.09.